The molecule has 3 rings (SSSR count). The Labute approximate surface area is 171 Å². The lowest BCUT2D eigenvalue weighted by Crippen LogP contribution is -2.31. The quantitative estimate of drug-likeness (QED) is 0.585. The predicted molar refractivity (Wildman–Crippen MR) is 110 cm³/mol. The van der Waals surface area contributed by atoms with Gasteiger partial charge in [-0.05, 0) is 43.0 Å². The number of non-ortho nitro benzene ring substituents is 1. The maximum atomic E-state index is 13.3. The summed E-state index contributed by atoms with van der Waals surface area (Å²) in [7, 11) is -3.77. The Kier molecular flexibility index (Phi) is 6.82. The van der Waals surface area contributed by atoms with Crippen molar-refractivity contribution in [2.45, 2.75) is 24.7 Å². The molecule has 1 aliphatic heterocycles. The zero-order chi connectivity index (χ0) is 19.8. The molecule has 0 radical (unpaired) electrons. The standard InChI is InChI=1S/C19H23N3O4S.ClH/c1-13-8-17(22(23)24)9-14(2)19(13)27(25,26)21-11-16(10-20)18(12-21)15-6-4-3-5-7-15;/h3-9,16,18H,10-12,20H2,1-2H3;1H/t16-,18+;/m1./s1. The van der Waals surface area contributed by atoms with E-state index in [2.05, 4.69) is 0 Å². The minimum atomic E-state index is -3.77. The molecule has 28 heavy (non-hydrogen) atoms. The van der Waals surface area contributed by atoms with Crippen LogP contribution in [0.1, 0.15) is 22.6 Å². The van der Waals surface area contributed by atoms with Gasteiger partial charge in [-0.15, -0.1) is 12.4 Å². The molecule has 0 saturated carbocycles. The van der Waals surface area contributed by atoms with Crippen LogP contribution in [0.15, 0.2) is 47.4 Å². The van der Waals surface area contributed by atoms with E-state index in [1.165, 1.54) is 16.4 Å². The first kappa shape index (κ1) is 22.3. The zero-order valence-corrected chi connectivity index (χ0v) is 17.4. The number of hydrogen-bond acceptors (Lipinski definition) is 5. The number of nitrogens with zero attached hydrogens (tertiary/aromatic N) is 2. The third-order valence-corrected chi connectivity index (χ3v) is 7.33. The van der Waals surface area contributed by atoms with E-state index in [9.17, 15) is 18.5 Å². The molecule has 0 aliphatic carbocycles. The van der Waals surface area contributed by atoms with Gasteiger partial charge in [-0.1, -0.05) is 30.3 Å². The van der Waals surface area contributed by atoms with Crippen LogP contribution in [-0.2, 0) is 10.0 Å². The molecule has 9 heteroatoms. The topological polar surface area (TPSA) is 107 Å². The summed E-state index contributed by atoms with van der Waals surface area (Å²) in [6.45, 7) is 4.28. The van der Waals surface area contributed by atoms with Crippen molar-refractivity contribution in [3.8, 4) is 0 Å². The number of aryl methyl sites for hydroxylation is 2. The van der Waals surface area contributed by atoms with Gasteiger partial charge >= 0.3 is 0 Å². The Morgan fingerprint density at radius 1 is 1.14 bits per heavy atom. The monoisotopic (exact) mass is 425 g/mol. The zero-order valence-electron chi connectivity index (χ0n) is 15.7. The number of hydrogen-bond donors (Lipinski definition) is 1. The summed E-state index contributed by atoms with van der Waals surface area (Å²) in [5.74, 6) is 0.0606. The first-order valence-electron chi connectivity index (χ1n) is 8.76. The van der Waals surface area contributed by atoms with Gasteiger partial charge in [0.25, 0.3) is 5.69 Å². The minimum absolute atomic E-state index is 0. The average Bonchev–Trinajstić information content (AvgIpc) is 3.07. The van der Waals surface area contributed by atoms with Crippen LogP contribution in [0.3, 0.4) is 0 Å². The SMILES string of the molecule is Cc1cc([N+](=O)[O-])cc(C)c1S(=O)(=O)N1C[C@@H](CN)[C@H](c2ccccc2)C1.Cl. The molecule has 152 valence electrons. The Morgan fingerprint density at radius 2 is 1.71 bits per heavy atom. The van der Waals surface area contributed by atoms with Crippen LogP contribution in [0, 0.1) is 29.9 Å². The van der Waals surface area contributed by atoms with E-state index >= 15 is 0 Å². The maximum absolute atomic E-state index is 13.3. The molecule has 0 amide bonds. The molecular formula is C19H24ClN3O4S. The summed E-state index contributed by atoms with van der Waals surface area (Å²) < 4.78 is 28.1. The highest BCUT2D eigenvalue weighted by atomic mass is 35.5. The van der Waals surface area contributed by atoms with Crippen molar-refractivity contribution in [3.63, 3.8) is 0 Å². The fourth-order valence-electron chi connectivity index (χ4n) is 3.91. The summed E-state index contributed by atoms with van der Waals surface area (Å²) >= 11 is 0. The van der Waals surface area contributed by atoms with Crippen molar-refractivity contribution < 1.29 is 13.3 Å². The summed E-state index contributed by atoms with van der Waals surface area (Å²) in [6, 6.07) is 12.4. The van der Waals surface area contributed by atoms with E-state index in [0.717, 1.165) is 5.56 Å². The lowest BCUT2D eigenvalue weighted by molar-refractivity contribution is -0.385. The highest BCUT2D eigenvalue weighted by Crippen LogP contribution is 2.37. The first-order valence-corrected chi connectivity index (χ1v) is 10.2. The predicted octanol–water partition coefficient (Wildman–Crippen LogP) is 3.00. The first-order chi connectivity index (χ1) is 12.8. The van der Waals surface area contributed by atoms with Gasteiger partial charge in [0.1, 0.15) is 0 Å². The van der Waals surface area contributed by atoms with Crippen LogP contribution in [0.4, 0.5) is 5.69 Å². The van der Waals surface area contributed by atoms with Crippen LogP contribution < -0.4 is 5.73 Å². The fourth-order valence-corrected chi connectivity index (χ4v) is 5.85. The van der Waals surface area contributed by atoms with Gasteiger partial charge in [0, 0.05) is 31.1 Å². The Hall–Kier alpha value is -2.00. The number of sulfonamides is 1. The second kappa shape index (κ2) is 8.57. The molecule has 2 atom stereocenters. The molecule has 1 saturated heterocycles. The van der Waals surface area contributed by atoms with Crippen LogP contribution >= 0.6 is 12.4 Å². The average molecular weight is 426 g/mol. The highest BCUT2D eigenvalue weighted by Gasteiger charge is 2.40. The summed E-state index contributed by atoms with van der Waals surface area (Å²) in [5.41, 5.74) is 7.66. The summed E-state index contributed by atoms with van der Waals surface area (Å²) in [6.07, 6.45) is 0. The number of halogens is 1. The smallest absolute Gasteiger partial charge is 0.270 e. The van der Waals surface area contributed by atoms with Gasteiger partial charge < -0.3 is 5.73 Å². The van der Waals surface area contributed by atoms with E-state index in [-0.39, 0.29) is 34.8 Å². The van der Waals surface area contributed by atoms with Crippen molar-refractivity contribution in [2.75, 3.05) is 19.6 Å². The van der Waals surface area contributed by atoms with E-state index in [1.807, 2.05) is 30.3 Å². The molecule has 1 aliphatic rings. The molecule has 2 N–H and O–H groups in total. The number of nitro groups is 1. The molecule has 1 fully saturated rings. The van der Waals surface area contributed by atoms with E-state index in [4.69, 9.17) is 5.73 Å². The molecule has 0 unspecified atom stereocenters. The van der Waals surface area contributed by atoms with Gasteiger partial charge in [-0.25, -0.2) is 8.42 Å². The number of nitro benzene ring substituents is 1. The Morgan fingerprint density at radius 3 is 2.21 bits per heavy atom. The largest absolute Gasteiger partial charge is 0.330 e. The van der Waals surface area contributed by atoms with Crippen LogP contribution in [-0.4, -0.2) is 37.3 Å². The van der Waals surface area contributed by atoms with Crippen molar-refractivity contribution >= 4 is 28.1 Å². The van der Waals surface area contributed by atoms with Crippen molar-refractivity contribution in [2.24, 2.45) is 11.7 Å². The minimum Gasteiger partial charge on any atom is -0.330 e. The molecular weight excluding hydrogens is 402 g/mol. The van der Waals surface area contributed by atoms with E-state index < -0.39 is 14.9 Å². The number of rotatable bonds is 5. The van der Waals surface area contributed by atoms with Gasteiger partial charge in [-0.3, -0.25) is 10.1 Å². The third-order valence-electron chi connectivity index (χ3n) is 5.19. The van der Waals surface area contributed by atoms with Crippen molar-refractivity contribution in [1.82, 2.24) is 4.31 Å². The van der Waals surface area contributed by atoms with Crippen LogP contribution in [0.5, 0.6) is 0 Å². The molecule has 2 aromatic rings. The molecule has 0 aromatic heterocycles. The normalized spacial score (nSPS) is 20.0. The molecule has 0 bridgehead atoms. The van der Waals surface area contributed by atoms with Gasteiger partial charge in [0.2, 0.25) is 10.0 Å². The molecule has 2 aromatic carbocycles. The van der Waals surface area contributed by atoms with E-state index in [0.29, 0.717) is 30.8 Å². The van der Waals surface area contributed by atoms with Gasteiger partial charge in [0.15, 0.2) is 0 Å². The van der Waals surface area contributed by atoms with Crippen molar-refractivity contribution in [3.05, 3.63) is 69.3 Å². The second-order valence-corrected chi connectivity index (χ2v) is 8.88. The molecule has 0 spiro atoms. The third kappa shape index (κ3) is 4.05. The Balaban J connectivity index is 0.00000280. The highest BCUT2D eigenvalue weighted by molar-refractivity contribution is 7.89. The molecule has 7 nitrogen and oxygen atoms in total. The van der Waals surface area contributed by atoms with Crippen molar-refractivity contribution in [1.29, 1.82) is 0 Å². The van der Waals surface area contributed by atoms with Gasteiger partial charge in [0.05, 0.1) is 9.82 Å². The number of nitrogens with two attached hydrogens (primary N) is 1. The van der Waals surface area contributed by atoms with Crippen LogP contribution in [0.25, 0.3) is 0 Å². The van der Waals surface area contributed by atoms with E-state index in [1.54, 1.807) is 13.8 Å². The summed E-state index contributed by atoms with van der Waals surface area (Å²) in [4.78, 5) is 10.7. The fraction of sp³-hybridized carbons (Fsp3) is 0.368. The summed E-state index contributed by atoms with van der Waals surface area (Å²) in [5, 5.41) is 11.0. The maximum Gasteiger partial charge on any atom is 0.270 e. The van der Waals surface area contributed by atoms with Gasteiger partial charge in [-0.2, -0.15) is 4.31 Å². The Bertz CT molecular complexity index is 943. The number of benzene rings is 2. The van der Waals surface area contributed by atoms with Crippen LogP contribution in [0.2, 0.25) is 0 Å². The second-order valence-electron chi connectivity index (χ2n) is 7.00. The lowest BCUT2D eigenvalue weighted by Gasteiger charge is -2.19. The molecule has 1 heterocycles. The lowest BCUT2D eigenvalue weighted by atomic mass is 9.89.